The highest BCUT2D eigenvalue weighted by Crippen LogP contribution is 2.28. The molecule has 2 rings (SSSR count). The molecule has 0 aliphatic carbocycles. The van der Waals surface area contributed by atoms with Crippen molar-refractivity contribution in [2.75, 3.05) is 11.5 Å². The van der Waals surface area contributed by atoms with Crippen molar-refractivity contribution in [2.45, 2.75) is 72.1 Å². The fourth-order valence-corrected chi connectivity index (χ4v) is 4.98. The van der Waals surface area contributed by atoms with Crippen molar-refractivity contribution in [3.05, 3.63) is 71.8 Å². The first-order valence-corrected chi connectivity index (χ1v) is 12.4. The first-order valence-electron chi connectivity index (χ1n) is 11.2. The molecule has 0 bridgehead atoms. The summed E-state index contributed by atoms with van der Waals surface area (Å²) in [5, 5.41) is 0. The Hall–Kier alpha value is -1.21. The molecule has 0 saturated carbocycles. The van der Waals surface area contributed by atoms with Gasteiger partial charge in [-0.2, -0.15) is 11.8 Å². The number of thioether (sulfide) groups is 1. The first kappa shape index (κ1) is 23.1. The zero-order chi connectivity index (χ0) is 20.1. The maximum Gasteiger partial charge on any atom is -0.00675 e. The molecule has 2 aromatic rings. The molecule has 0 fully saturated rings. The van der Waals surface area contributed by atoms with Crippen LogP contribution in [0.4, 0.5) is 0 Å². The van der Waals surface area contributed by atoms with Crippen LogP contribution in [0, 0.1) is 11.3 Å². The van der Waals surface area contributed by atoms with Gasteiger partial charge in [0.1, 0.15) is 0 Å². The predicted octanol–water partition coefficient (Wildman–Crippen LogP) is 8.21. The second kappa shape index (κ2) is 13.1. The Kier molecular flexibility index (Phi) is 10.8. The lowest BCUT2D eigenvalue weighted by atomic mass is 9.81. The van der Waals surface area contributed by atoms with Crippen molar-refractivity contribution in [1.29, 1.82) is 0 Å². The minimum Gasteiger partial charge on any atom is -0.162 e. The van der Waals surface area contributed by atoms with E-state index < -0.39 is 0 Å². The second-order valence-electron chi connectivity index (χ2n) is 9.19. The van der Waals surface area contributed by atoms with Crippen LogP contribution in [0.15, 0.2) is 60.7 Å². The molecule has 0 aromatic heterocycles. The second-order valence-corrected chi connectivity index (χ2v) is 10.4. The van der Waals surface area contributed by atoms with E-state index in [-0.39, 0.29) is 0 Å². The van der Waals surface area contributed by atoms with Gasteiger partial charge >= 0.3 is 0 Å². The normalized spacial score (nSPS) is 12.8. The number of hydrogen-bond donors (Lipinski definition) is 0. The third-order valence-corrected chi connectivity index (χ3v) is 6.74. The summed E-state index contributed by atoms with van der Waals surface area (Å²) in [6.45, 7) is 7.24. The van der Waals surface area contributed by atoms with Crippen molar-refractivity contribution in [2.24, 2.45) is 11.3 Å². The summed E-state index contributed by atoms with van der Waals surface area (Å²) in [5.74, 6) is 3.48. The van der Waals surface area contributed by atoms with Crippen LogP contribution in [-0.4, -0.2) is 11.5 Å². The molecule has 0 N–H and O–H groups in total. The standard InChI is InChI=1S/C27H40S/c1-24(22-25-15-6-4-7-16-25)14-10-12-20-28-21-13-11-19-27(2,3)23-26-17-8-5-9-18-26/h4-9,15-18,24H,10-14,19-23H2,1-3H3. The Morgan fingerprint density at radius 1 is 0.750 bits per heavy atom. The van der Waals surface area contributed by atoms with Crippen molar-refractivity contribution in [3.8, 4) is 0 Å². The van der Waals surface area contributed by atoms with E-state index in [1.54, 1.807) is 0 Å². The van der Waals surface area contributed by atoms with Crippen LogP contribution in [0.3, 0.4) is 0 Å². The molecule has 0 nitrogen and oxygen atoms in total. The molecule has 0 saturated heterocycles. The highest BCUT2D eigenvalue weighted by molar-refractivity contribution is 7.99. The summed E-state index contributed by atoms with van der Waals surface area (Å²) in [4.78, 5) is 0. The van der Waals surface area contributed by atoms with Gasteiger partial charge < -0.3 is 0 Å². The van der Waals surface area contributed by atoms with Gasteiger partial charge in [0.15, 0.2) is 0 Å². The number of rotatable bonds is 14. The van der Waals surface area contributed by atoms with Gasteiger partial charge in [-0.3, -0.25) is 0 Å². The largest absolute Gasteiger partial charge is 0.162 e. The molecule has 0 amide bonds. The molecule has 1 heteroatoms. The van der Waals surface area contributed by atoms with Gasteiger partial charge in [0.05, 0.1) is 0 Å². The summed E-state index contributed by atoms with van der Waals surface area (Å²) in [6.07, 6.45) is 10.6. The molecular formula is C27H40S. The molecule has 0 aliphatic heterocycles. The maximum atomic E-state index is 2.42. The summed E-state index contributed by atoms with van der Waals surface area (Å²) < 4.78 is 0. The molecule has 0 heterocycles. The van der Waals surface area contributed by atoms with Gasteiger partial charge in [-0.25, -0.2) is 0 Å². The molecule has 154 valence electrons. The van der Waals surface area contributed by atoms with E-state index >= 15 is 0 Å². The van der Waals surface area contributed by atoms with Gasteiger partial charge in [0, 0.05) is 0 Å². The Labute approximate surface area is 178 Å². The monoisotopic (exact) mass is 396 g/mol. The van der Waals surface area contributed by atoms with Crippen LogP contribution in [0.2, 0.25) is 0 Å². The number of hydrogen-bond acceptors (Lipinski definition) is 1. The Balaban J connectivity index is 1.44. The molecule has 0 spiro atoms. The van der Waals surface area contributed by atoms with Crippen LogP contribution in [-0.2, 0) is 12.8 Å². The van der Waals surface area contributed by atoms with E-state index in [4.69, 9.17) is 0 Å². The van der Waals surface area contributed by atoms with Gasteiger partial charge in [-0.1, -0.05) is 101 Å². The molecule has 0 radical (unpaired) electrons. The minimum absolute atomic E-state index is 0.418. The summed E-state index contributed by atoms with van der Waals surface area (Å²) in [7, 11) is 0. The lowest BCUT2D eigenvalue weighted by Crippen LogP contribution is -2.15. The molecular weight excluding hydrogens is 356 g/mol. The third kappa shape index (κ3) is 10.4. The van der Waals surface area contributed by atoms with Crippen LogP contribution < -0.4 is 0 Å². The van der Waals surface area contributed by atoms with Crippen LogP contribution >= 0.6 is 11.8 Å². The fourth-order valence-electron chi connectivity index (χ4n) is 3.96. The molecule has 28 heavy (non-hydrogen) atoms. The van der Waals surface area contributed by atoms with Crippen molar-refractivity contribution in [1.82, 2.24) is 0 Å². The van der Waals surface area contributed by atoms with Crippen LogP contribution in [0.5, 0.6) is 0 Å². The molecule has 2 aromatic carbocycles. The summed E-state index contributed by atoms with van der Waals surface area (Å²) in [5.41, 5.74) is 3.38. The van der Waals surface area contributed by atoms with Crippen LogP contribution in [0.25, 0.3) is 0 Å². The van der Waals surface area contributed by atoms with Gasteiger partial charge in [-0.15, -0.1) is 0 Å². The van der Waals surface area contributed by atoms with Crippen molar-refractivity contribution in [3.63, 3.8) is 0 Å². The van der Waals surface area contributed by atoms with E-state index in [9.17, 15) is 0 Å². The van der Waals surface area contributed by atoms with Gasteiger partial charge in [0.25, 0.3) is 0 Å². The summed E-state index contributed by atoms with van der Waals surface area (Å²) >= 11 is 2.16. The van der Waals surface area contributed by atoms with Gasteiger partial charge in [-0.05, 0) is 66.1 Å². The Morgan fingerprint density at radius 3 is 1.96 bits per heavy atom. The average Bonchev–Trinajstić information content (AvgIpc) is 2.68. The minimum atomic E-state index is 0.418. The zero-order valence-electron chi connectivity index (χ0n) is 18.3. The maximum absolute atomic E-state index is 2.42. The SMILES string of the molecule is CC(CCCCSCCCCC(C)(C)Cc1ccccc1)Cc1ccccc1. The molecule has 0 aliphatic rings. The lowest BCUT2D eigenvalue weighted by molar-refractivity contribution is 0.322. The third-order valence-electron chi connectivity index (χ3n) is 5.58. The molecule has 1 unspecified atom stereocenters. The quantitative estimate of drug-likeness (QED) is 0.290. The fraction of sp³-hybridized carbons (Fsp3) is 0.556. The van der Waals surface area contributed by atoms with E-state index in [1.165, 1.54) is 74.0 Å². The Bertz CT molecular complexity index is 617. The van der Waals surface area contributed by atoms with E-state index in [0.29, 0.717) is 5.41 Å². The highest BCUT2D eigenvalue weighted by Gasteiger charge is 2.17. The highest BCUT2D eigenvalue weighted by atomic mass is 32.2. The van der Waals surface area contributed by atoms with Gasteiger partial charge in [0.2, 0.25) is 0 Å². The van der Waals surface area contributed by atoms with Crippen LogP contribution in [0.1, 0.15) is 70.4 Å². The van der Waals surface area contributed by atoms with Crippen molar-refractivity contribution < 1.29 is 0 Å². The zero-order valence-corrected chi connectivity index (χ0v) is 19.1. The molecule has 1 atom stereocenters. The lowest BCUT2D eigenvalue weighted by Gasteiger charge is -2.24. The first-order chi connectivity index (χ1) is 13.6. The van der Waals surface area contributed by atoms with E-state index in [0.717, 1.165) is 5.92 Å². The Morgan fingerprint density at radius 2 is 1.32 bits per heavy atom. The predicted molar refractivity (Wildman–Crippen MR) is 128 cm³/mol. The van der Waals surface area contributed by atoms with E-state index in [2.05, 4.69) is 93.2 Å². The number of benzene rings is 2. The van der Waals surface area contributed by atoms with E-state index in [1.807, 2.05) is 0 Å². The smallest absolute Gasteiger partial charge is 0.00675 e. The number of unbranched alkanes of at least 4 members (excludes halogenated alkanes) is 2. The topological polar surface area (TPSA) is 0 Å². The average molecular weight is 397 g/mol. The van der Waals surface area contributed by atoms with Crippen molar-refractivity contribution >= 4 is 11.8 Å². The summed E-state index contributed by atoms with van der Waals surface area (Å²) in [6, 6.07) is 21.9.